The van der Waals surface area contributed by atoms with Gasteiger partial charge in [-0.25, -0.2) is 4.39 Å². The molecule has 3 fully saturated rings. The summed E-state index contributed by atoms with van der Waals surface area (Å²) < 4.78 is 20.6. The Balaban J connectivity index is 1.82. The van der Waals surface area contributed by atoms with E-state index in [9.17, 15) is 24.5 Å². The molecule has 4 aliphatic rings. The second-order valence-electron chi connectivity index (χ2n) is 10.7. The van der Waals surface area contributed by atoms with Gasteiger partial charge in [0.25, 0.3) is 5.09 Å². The highest BCUT2D eigenvalue weighted by Gasteiger charge is 2.72. The lowest BCUT2D eigenvalue weighted by Gasteiger charge is -2.63. The number of hydrogen-bond donors (Lipinski definition) is 0. The van der Waals surface area contributed by atoms with Gasteiger partial charge >= 0.3 is 5.97 Å². The number of nitrogens with zero attached hydrogens (tertiary/aromatic N) is 1. The molecule has 0 amide bonds. The van der Waals surface area contributed by atoms with Crippen molar-refractivity contribution in [1.29, 1.82) is 0 Å². The minimum absolute atomic E-state index is 0.0263. The number of allylic oxidation sites excluding steroid dienone is 4. The van der Waals surface area contributed by atoms with Gasteiger partial charge in [-0.2, -0.15) is 0 Å². The zero-order valence-corrected chi connectivity index (χ0v) is 20.3. The van der Waals surface area contributed by atoms with Crippen molar-refractivity contribution in [2.75, 3.05) is 6.61 Å². The molecule has 9 atom stereocenters. The Morgan fingerprint density at radius 2 is 1.97 bits per heavy atom. The first-order valence-corrected chi connectivity index (χ1v) is 11.9. The molecule has 4 rings (SSSR count). The van der Waals surface area contributed by atoms with E-state index in [1.54, 1.807) is 13.0 Å². The van der Waals surface area contributed by atoms with Crippen molar-refractivity contribution in [2.24, 2.45) is 34.5 Å². The fourth-order valence-corrected chi connectivity index (χ4v) is 8.23. The second-order valence-corrected chi connectivity index (χ2v) is 11.3. The molecular formula is C24H29ClFNO7. The van der Waals surface area contributed by atoms with Crippen LogP contribution in [-0.4, -0.2) is 46.4 Å². The third kappa shape index (κ3) is 3.41. The van der Waals surface area contributed by atoms with E-state index in [2.05, 4.69) is 0 Å². The summed E-state index contributed by atoms with van der Waals surface area (Å²) >= 11 is 7.37. The Labute approximate surface area is 202 Å². The summed E-state index contributed by atoms with van der Waals surface area (Å²) in [4.78, 5) is 51.8. The summed E-state index contributed by atoms with van der Waals surface area (Å²) in [5, 5.41) is 10.7. The van der Waals surface area contributed by atoms with Crippen molar-refractivity contribution in [3.05, 3.63) is 33.9 Å². The topological polar surface area (TPSA) is 113 Å². The largest absolute Gasteiger partial charge is 0.458 e. The van der Waals surface area contributed by atoms with E-state index in [4.69, 9.17) is 21.2 Å². The third-order valence-electron chi connectivity index (χ3n) is 8.92. The number of fused-ring (bicyclic) bond motifs is 5. The van der Waals surface area contributed by atoms with Gasteiger partial charge < -0.3 is 9.57 Å². The van der Waals surface area contributed by atoms with Gasteiger partial charge in [-0.15, -0.1) is 21.7 Å². The van der Waals surface area contributed by atoms with Gasteiger partial charge in [0.05, 0.1) is 4.87 Å². The minimum atomic E-state index is -1.46. The molecule has 0 unspecified atom stereocenters. The molecule has 0 radical (unpaired) electrons. The summed E-state index contributed by atoms with van der Waals surface area (Å²) in [6.07, 6.45) is 2.15. The molecule has 0 bridgehead atoms. The number of Topliss-reactive ketones (excluding diaryl/α,β-unsaturated/α-hetero) is 1. The van der Waals surface area contributed by atoms with Crippen molar-refractivity contribution >= 4 is 29.1 Å². The SMILES string of the molecule is CC(=O)OCC(=O)[C@H]1[C@H](C)C[C@H]2[C@@H]3C[C@H](F)C4=CC(=O)C=C[C@]4(C)[C@@]3(Cl)[C@@H](O[N+](=O)[O-])C[C@@]21C. The van der Waals surface area contributed by atoms with Crippen molar-refractivity contribution in [3.8, 4) is 0 Å². The van der Waals surface area contributed by atoms with Crippen LogP contribution in [0, 0.1) is 44.6 Å². The van der Waals surface area contributed by atoms with E-state index in [0.29, 0.717) is 6.42 Å². The number of hydrogen-bond acceptors (Lipinski definition) is 7. The number of alkyl halides is 2. The van der Waals surface area contributed by atoms with Crippen LogP contribution < -0.4 is 0 Å². The molecule has 0 heterocycles. The van der Waals surface area contributed by atoms with Crippen LogP contribution in [0.3, 0.4) is 0 Å². The number of carbonyl (C=O) groups is 3. The van der Waals surface area contributed by atoms with Crippen molar-refractivity contribution in [3.63, 3.8) is 0 Å². The van der Waals surface area contributed by atoms with Gasteiger partial charge in [0.2, 0.25) is 0 Å². The first-order chi connectivity index (χ1) is 15.8. The van der Waals surface area contributed by atoms with Gasteiger partial charge in [-0.05, 0) is 60.2 Å². The van der Waals surface area contributed by atoms with E-state index in [-0.39, 0.29) is 48.4 Å². The maximum absolute atomic E-state index is 15.6. The summed E-state index contributed by atoms with van der Waals surface area (Å²) in [7, 11) is 0. The van der Waals surface area contributed by atoms with Crippen LogP contribution in [0.25, 0.3) is 0 Å². The van der Waals surface area contributed by atoms with Crippen molar-refractivity contribution < 1.29 is 33.4 Å². The van der Waals surface area contributed by atoms with E-state index in [0.717, 1.165) is 0 Å². The molecule has 186 valence electrons. The average Bonchev–Trinajstić information content (AvgIpc) is 2.99. The van der Waals surface area contributed by atoms with Crippen LogP contribution >= 0.6 is 11.6 Å². The fraction of sp³-hybridized carbons (Fsp3) is 0.708. The molecule has 0 aromatic carbocycles. The Morgan fingerprint density at radius 3 is 2.59 bits per heavy atom. The second kappa shape index (κ2) is 8.14. The van der Waals surface area contributed by atoms with Crippen molar-refractivity contribution in [2.45, 2.75) is 64.1 Å². The van der Waals surface area contributed by atoms with Gasteiger partial charge in [-0.1, -0.05) is 26.8 Å². The smallest absolute Gasteiger partial charge is 0.303 e. The highest BCUT2D eigenvalue weighted by Crippen LogP contribution is 2.71. The first-order valence-electron chi connectivity index (χ1n) is 11.5. The highest BCUT2D eigenvalue weighted by atomic mass is 35.5. The summed E-state index contributed by atoms with van der Waals surface area (Å²) in [6, 6.07) is 0. The number of ether oxygens (including phenoxy) is 1. The summed E-state index contributed by atoms with van der Waals surface area (Å²) in [5.41, 5.74) is -1.75. The zero-order chi connectivity index (χ0) is 25.2. The molecule has 10 heteroatoms. The molecule has 4 aliphatic carbocycles. The quantitative estimate of drug-likeness (QED) is 0.246. The number of carbonyl (C=O) groups excluding carboxylic acids is 3. The van der Waals surface area contributed by atoms with Crippen LogP contribution in [0.4, 0.5) is 4.39 Å². The van der Waals surface area contributed by atoms with E-state index in [1.807, 2.05) is 13.8 Å². The average molecular weight is 498 g/mol. The molecule has 0 aromatic heterocycles. The van der Waals surface area contributed by atoms with Crippen LogP contribution in [0.5, 0.6) is 0 Å². The van der Waals surface area contributed by atoms with E-state index >= 15 is 4.39 Å². The van der Waals surface area contributed by atoms with E-state index < -0.39 is 50.9 Å². The van der Waals surface area contributed by atoms with Crippen molar-refractivity contribution in [1.82, 2.24) is 0 Å². The lowest BCUT2D eigenvalue weighted by Crippen LogP contribution is -2.68. The molecule has 0 aliphatic heterocycles. The number of halogens is 2. The molecule has 0 N–H and O–H groups in total. The van der Waals surface area contributed by atoms with Gasteiger partial charge in [0, 0.05) is 18.3 Å². The lowest BCUT2D eigenvalue weighted by atomic mass is 9.46. The molecule has 0 saturated heterocycles. The number of rotatable bonds is 5. The van der Waals surface area contributed by atoms with Crippen LogP contribution in [0.2, 0.25) is 0 Å². The monoisotopic (exact) mass is 497 g/mol. The number of esters is 1. The Morgan fingerprint density at radius 1 is 1.29 bits per heavy atom. The molecule has 34 heavy (non-hydrogen) atoms. The van der Waals surface area contributed by atoms with E-state index in [1.165, 1.54) is 19.1 Å². The highest BCUT2D eigenvalue weighted by molar-refractivity contribution is 6.26. The summed E-state index contributed by atoms with van der Waals surface area (Å²) in [5.74, 6) is -2.65. The summed E-state index contributed by atoms with van der Waals surface area (Å²) in [6.45, 7) is 6.34. The van der Waals surface area contributed by atoms with Gasteiger partial charge in [0.15, 0.2) is 11.6 Å². The predicted octanol–water partition coefficient (Wildman–Crippen LogP) is 3.78. The van der Waals surface area contributed by atoms with Gasteiger partial charge in [-0.3, -0.25) is 14.4 Å². The predicted molar refractivity (Wildman–Crippen MR) is 119 cm³/mol. The molecule has 0 aromatic rings. The first kappa shape index (κ1) is 24.8. The standard InChI is InChI=1S/C24H29ClFNO7/c1-12-7-15-16-9-18(26)17-8-14(29)5-6-23(17,4)24(16,25)20(34-27(31)32)10-22(15,3)21(12)19(30)11-33-13(2)28/h5-6,8,12,15-16,18,20-21H,7,9-11H2,1-4H3/t12-,15+,16+,18+,20+,21-,22+,23+,24+/m1/s1. The molecular weight excluding hydrogens is 469 g/mol. The minimum Gasteiger partial charge on any atom is -0.458 e. The maximum atomic E-state index is 15.6. The third-order valence-corrected chi connectivity index (χ3v) is 9.84. The Bertz CT molecular complexity index is 1010. The fourth-order valence-electron chi connectivity index (χ4n) is 7.70. The number of ketones is 2. The Kier molecular flexibility index (Phi) is 5.94. The normalized spacial score (nSPS) is 44.9. The van der Waals surface area contributed by atoms with Gasteiger partial charge in [0.1, 0.15) is 18.9 Å². The van der Waals surface area contributed by atoms with Crippen LogP contribution in [-0.2, 0) is 24.0 Å². The molecule has 0 spiro atoms. The Hall–Kier alpha value is -2.29. The van der Waals surface area contributed by atoms with Crippen LogP contribution in [0.15, 0.2) is 23.8 Å². The van der Waals surface area contributed by atoms with Crippen LogP contribution in [0.1, 0.15) is 47.0 Å². The zero-order valence-electron chi connectivity index (χ0n) is 19.6. The molecule has 3 saturated carbocycles. The maximum Gasteiger partial charge on any atom is 0.303 e. The molecule has 8 nitrogen and oxygen atoms in total. The lowest BCUT2D eigenvalue weighted by molar-refractivity contribution is -0.772.